The zero-order valence-corrected chi connectivity index (χ0v) is 11.4. The smallest absolute Gasteiger partial charge is 0.270 e. The largest absolute Gasteiger partial charge is 0.368 e. The van der Waals surface area contributed by atoms with E-state index in [0.29, 0.717) is 6.61 Å². The monoisotopic (exact) mass is 291 g/mol. The van der Waals surface area contributed by atoms with Crippen molar-refractivity contribution in [1.29, 1.82) is 0 Å². The lowest BCUT2D eigenvalue weighted by molar-refractivity contribution is -0.384. The molecule has 0 aliphatic carbocycles. The number of nitro groups is 1. The number of benzene rings is 1. The van der Waals surface area contributed by atoms with Crippen molar-refractivity contribution in [2.75, 3.05) is 19.7 Å². The minimum Gasteiger partial charge on any atom is -0.368 e. The number of rotatable bonds is 3. The number of hydrogen-bond acceptors (Lipinski definition) is 6. The van der Waals surface area contributed by atoms with Crippen molar-refractivity contribution in [3.8, 4) is 11.3 Å². The molecule has 1 aliphatic heterocycles. The van der Waals surface area contributed by atoms with E-state index in [4.69, 9.17) is 4.74 Å². The Morgan fingerprint density at radius 3 is 3.15 bits per heavy atom. The van der Waals surface area contributed by atoms with E-state index in [-0.39, 0.29) is 11.8 Å². The number of thiazole rings is 1. The molecule has 6 nitrogen and oxygen atoms in total. The van der Waals surface area contributed by atoms with Crippen LogP contribution in [0.15, 0.2) is 29.6 Å². The quantitative estimate of drug-likeness (QED) is 0.694. The Morgan fingerprint density at radius 1 is 1.50 bits per heavy atom. The van der Waals surface area contributed by atoms with Gasteiger partial charge in [0.25, 0.3) is 5.69 Å². The zero-order chi connectivity index (χ0) is 13.9. The molecular formula is C13H13N3O3S. The highest BCUT2D eigenvalue weighted by atomic mass is 32.1. The molecule has 1 aromatic carbocycles. The van der Waals surface area contributed by atoms with Gasteiger partial charge in [0.05, 0.1) is 17.2 Å². The van der Waals surface area contributed by atoms with E-state index in [0.717, 1.165) is 29.4 Å². The Morgan fingerprint density at radius 2 is 2.40 bits per heavy atom. The van der Waals surface area contributed by atoms with Gasteiger partial charge in [0.2, 0.25) is 0 Å². The highest BCUT2D eigenvalue weighted by Crippen LogP contribution is 2.29. The van der Waals surface area contributed by atoms with Gasteiger partial charge in [0.1, 0.15) is 11.1 Å². The first-order valence-electron chi connectivity index (χ1n) is 6.26. The maximum atomic E-state index is 10.8. The second kappa shape index (κ2) is 5.66. The summed E-state index contributed by atoms with van der Waals surface area (Å²) in [5, 5.41) is 16.9. The summed E-state index contributed by atoms with van der Waals surface area (Å²) in [6.07, 6.45) is -0.0267. The Balaban J connectivity index is 1.85. The standard InChI is InChI=1S/C13H13N3O3S/c17-16(18)10-3-1-2-9(6-10)11-8-20-13(15-11)12-7-14-4-5-19-12/h1-3,6,8,12,14H,4-5,7H2. The zero-order valence-electron chi connectivity index (χ0n) is 10.6. The van der Waals surface area contributed by atoms with Crippen molar-refractivity contribution < 1.29 is 9.66 Å². The molecule has 1 N–H and O–H groups in total. The predicted octanol–water partition coefficient (Wildman–Crippen LogP) is 2.38. The van der Waals surface area contributed by atoms with Gasteiger partial charge in [-0.2, -0.15) is 0 Å². The van der Waals surface area contributed by atoms with E-state index in [1.54, 1.807) is 12.1 Å². The topological polar surface area (TPSA) is 77.3 Å². The lowest BCUT2D eigenvalue weighted by Crippen LogP contribution is -2.33. The number of morpholine rings is 1. The van der Waals surface area contributed by atoms with Crippen LogP contribution >= 0.6 is 11.3 Å². The fourth-order valence-electron chi connectivity index (χ4n) is 2.07. The maximum Gasteiger partial charge on any atom is 0.270 e. The van der Waals surface area contributed by atoms with Gasteiger partial charge in [-0.15, -0.1) is 11.3 Å². The summed E-state index contributed by atoms with van der Waals surface area (Å²) >= 11 is 1.52. The normalized spacial score (nSPS) is 18.9. The van der Waals surface area contributed by atoms with Gasteiger partial charge in [-0.1, -0.05) is 12.1 Å². The number of hydrogen-bond donors (Lipinski definition) is 1. The van der Waals surface area contributed by atoms with E-state index in [1.807, 2.05) is 11.4 Å². The third kappa shape index (κ3) is 2.69. The Kier molecular flexibility index (Phi) is 3.72. The van der Waals surface area contributed by atoms with Crippen LogP contribution in [0.3, 0.4) is 0 Å². The summed E-state index contributed by atoms with van der Waals surface area (Å²) in [4.78, 5) is 14.9. The molecule has 0 bridgehead atoms. The highest BCUT2D eigenvalue weighted by Gasteiger charge is 2.19. The average Bonchev–Trinajstić information content (AvgIpc) is 2.98. The van der Waals surface area contributed by atoms with Crippen molar-refractivity contribution >= 4 is 17.0 Å². The molecule has 0 spiro atoms. The fraction of sp³-hybridized carbons (Fsp3) is 0.308. The van der Waals surface area contributed by atoms with Gasteiger partial charge in [-0.25, -0.2) is 4.98 Å². The van der Waals surface area contributed by atoms with Crippen LogP contribution in [0.4, 0.5) is 5.69 Å². The summed E-state index contributed by atoms with van der Waals surface area (Å²) in [6, 6.07) is 6.51. The number of aromatic nitrogens is 1. The molecule has 0 amide bonds. The van der Waals surface area contributed by atoms with Crippen molar-refractivity contribution in [3.63, 3.8) is 0 Å². The van der Waals surface area contributed by atoms with Crippen LogP contribution in [0.2, 0.25) is 0 Å². The minimum atomic E-state index is -0.398. The van der Waals surface area contributed by atoms with Crippen molar-refractivity contribution in [1.82, 2.24) is 10.3 Å². The molecule has 7 heteroatoms. The SMILES string of the molecule is O=[N+]([O-])c1cccc(-c2csc(C3CNCCO3)n2)c1. The molecule has 1 atom stereocenters. The molecule has 1 aromatic heterocycles. The fourth-order valence-corrected chi connectivity index (χ4v) is 2.95. The van der Waals surface area contributed by atoms with Gasteiger partial charge in [0.15, 0.2) is 0 Å². The van der Waals surface area contributed by atoms with Crippen LogP contribution in [0.1, 0.15) is 11.1 Å². The molecule has 2 heterocycles. The Labute approximate surface area is 119 Å². The molecule has 1 fully saturated rings. The Bertz CT molecular complexity index is 623. The van der Waals surface area contributed by atoms with E-state index in [9.17, 15) is 10.1 Å². The molecule has 0 saturated carbocycles. The molecule has 104 valence electrons. The van der Waals surface area contributed by atoms with E-state index < -0.39 is 4.92 Å². The summed E-state index contributed by atoms with van der Waals surface area (Å²) in [6.45, 7) is 2.29. The van der Waals surface area contributed by atoms with Gasteiger partial charge in [-0.05, 0) is 0 Å². The summed E-state index contributed by atoms with van der Waals surface area (Å²) in [5.74, 6) is 0. The number of non-ortho nitro benzene ring substituents is 1. The lowest BCUT2D eigenvalue weighted by Gasteiger charge is -2.21. The second-order valence-corrected chi connectivity index (χ2v) is 5.33. The minimum absolute atomic E-state index is 0.0267. The van der Waals surface area contributed by atoms with E-state index in [1.165, 1.54) is 17.4 Å². The first kappa shape index (κ1) is 13.2. The average molecular weight is 291 g/mol. The molecule has 20 heavy (non-hydrogen) atoms. The highest BCUT2D eigenvalue weighted by molar-refractivity contribution is 7.10. The molecule has 1 aliphatic rings. The predicted molar refractivity (Wildman–Crippen MR) is 75.8 cm³/mol. The number of nitro benzene ring substituents is 1. The van der Waals surface area contributed by atoms with Gasteiger partial charge >= 0.3 is 0 Å². The summed E-state index contributed by atoms with van der Waals surface area (Å²) in [7, 11) is 0. The number of nitrogens with one attached hydrogen (secondary N) is 1. The first-order valence-corrected chi connectivity index (χ1v) is 7.14. The van der Waals surface area contributed by atoms with Crippen LogP contribution in [-0.4, -0.2) is 29.6 Å². The van der Waals surface area contributed by atoms with Crippen LogP contribution in [0.25, 0.3) is 11.3 Å². The van der Waals surface area contributed by atoms with Gasteiger partial charge in [-0.3, -0.25) is 10.1 Å². The van der Waals surface area contributed by atoms with E-state index >= 15 is 0 Å². The first-order chi connectivity index (χ1) is 9.74. The van der Waals surface area contributed by atoms with Crippen molar-refractivity contribution in [3.05, 3.63) is 44.8 Å². The van der Waals surface area contributed by atoms with Gasteiger partial charge < -0.3 is 10.1 Å². The molecule has 1 unspecified atom stereocenters. The van der Waals surface area contributed by atoms with E-state index in [2.05, 4.69) is 10.3 Å². The van der Waals surface area contributed by atoms with Crippen LogP contribution in [0, 0.1) is 10.1 Å². The lowest BCUT2D eigenvalue weighted by atomic mass is 10.1. The van der Waals surface area contributed by atoms with Crippen LogP contribution in [-0.2, 0) is 4.74 Å². The number of nitrogens with zero attached hydrogens (tertiary/aromatic N) is 2. The summed E-state index contributed by atoms with van der Waals surface area (Å²) < 4.78 is 5.65. The van der Waals surface area contributed by atoms with Gasteiger partial charge in [0, 0.05) is 36.2 Å². The molecule has 2 aromatic rings. The summed E-state index contributed by atoms with van der Waals surface area (Å²) in [5.41, 5.74) is 1.58. The third-order valence-corrected chi connectivity index (χ3v) is 4.01. The number of ether oxygens (including phenoxy) is 1. The van der Waals surface area contributed by atoms with Crippen LogP contribution < -0.4 is 5.32 Å². The Hall–Kier alpha value is -1.83. The molecule has 3 rings (SSSR count). The molecule has 0 radical (unpaired) electrons. The van der Waals surface area contributed by atoms with Crippen molar-refractivity contribution in [2.24, 2.45) is 0 Å². The second-order valence-electron chi connectivity index (χ2n) is 4.44. The van der Waals surface area contributed by atoms with Crippen molar-refractivity contribution in [2.45, 2.75) is 6.10 Å². The molecule has 1 saturated heterocycles. The maximum absolute atomic E-state index is 10.8. The molecular weight excluding hydrogens is 278 g/mol. The third-order valence-electron chi connectivity index (χ3n) is 3.08. The van der Waals surface area contributed by atoms with Crippen LogP contribution in [0.5, 0.6) is 0 Å².